The smallest absolute Gasteiger partial charge is 0.168 e. The Kier molecular flexibility index (Phi) is 3.96. The van der Waals surface area contributed by atoms with E-state index in [9.17, 15) is 10.2 Å². The van der Waals surface area contributed by atoms with Gasteiger partial charge in [-0.25, -0.2) is 15.0 Å². The second-order valence-electron chi connectivity index (χ2n) is 4.71. The van der Waals surface area contributed by atoms with E-state index < -0.39 is 31.1 Å². The molecule has 4 atom stereocenters. The molecule has 5 N–H and O–H groups in total. The summed E-state index contributed by atoms with van der Waals surface area (Å²) in [7, 11) is 0. The summed E-state index contributed by atoms with van der Waals surface area (Å²) < 4.78 is 7.53. The molecule has 9 nitrogen and oxygen atoms in total. The Hall–Kier alpha value is -1.08. The number of imidazole rings is 1. The summed E-state index contributed by atoms with van der Waals surface area (Å²) >= 11 is 2.11. The first-order valence-corrected chi connectivity index (χ1v) is 7.76. The molecule has 0 amide bonds. The second kappa shape index (κ2) is 5.61. The summed E-state index contributed by atoms with van der Waals surface area (Å²) in [5.41, 5.74) is 6.66. The first-order valence-electron chi connectivity index (χ1n) is 6.24. The van der Waals surface area contributed by atoms with Crippen molar-refractivity contribution in [3.05, 3.63) is 12.2 Å². The minimum absolute atomic E-state index is 0.247. The van der Waals surface area contributed by atoms with E-state index >= 15 is 0 Å². The zero-order chi connectivity index (χ0) is 15.1. The average molecular weight is 407 g/mol. The molecule has 1 aliphatic rings. The monoisotopic (exact) mass is 407 g/mol. The van der Waals surface area contributed by atoms with E-state index in [1.165, 1.54) is 10.9 Å². The van der Waals surface area contributed by atoms with Crippen molar-refractivity contribution >= 4 is 39.6 Å². The molecule has 2 aromatic rings. The van der Waals surface area contributed by atoms with Gasteiger partial charge in [0.25, 0.3) is 0 Å². The molecule has 0 bridgehead atoms. The fourth-order valence-electron chi connectivity index (χ4n) is 2.34. The number of ether oxygens (including phenoxy) is 1. The van der Waals surface area contributed by atoms with Gasteiger partial charge in [-0.3, -0.25) is 4.57 Å². The zero-order valence-electron chi connectivity index (χ0n) is 10.8. The molecule has 2 aromatic heterocycles. The molecule has 1 unspecified atom stereocenters. The van der Waals surface area contributed by atoms with Crippen molar-refractivity contribution in [2.75, 3.05) is 12.3 Å². The number of aliphatic hydroxyl groups is 3. The number of aliphatic hydroxyl groups excluding tert-OH is 3. The van der Waals surface area contributed by atoms with E-state index in [1.807, 2.05) is 0 Å². The summed E-state index contributed by atoms with van der Waals surface area (Å²) in [6.45, 7) is -0.391. The molecule has 0 radical (unpaired) electrons. The maximum absolute atomic E-state index is 10.1. The van der Waals surface area contributed by atoms with Crippen molar-refractivity contribution in [1.29, 1.82) is 0 Å². The van der Waals surface area contributed by atoms with Crippen molar-refractivity contribution in [3.8, 4) is 0 Å². The van der Waals surface area contributed by atoms with Crippen LogP contribution in [0.1, 0.15) is 12.1 Å². The van der Waals surface area contributed by atoms with Crippen LogP contribution in [0.2, 0.25) is 0 Å². The molecule has 114 valence electrons. The summed E-state index contributed by atoms with van der Waals surface area (Å²) in [6.07, 6.45) is -2.70. The number of rotatable bonds is 3. The molecule has 10 heteroatoms. The Balaban J connectivity index is 2.07. The van der Waals surface area contributed by atoms with E-state index in [2.05, 4.69) is 37.5 Å². The summed E-state index contributed by atoms with van der Waals surface area (Å²) in [4.78, 5) is 12.6. The predicted molar refractivity (Wildman–Crippen MR) is 80.5 cm³/mol. The van der Waals surface area contributed by atoms with Gasteiger partial charge in [0.05, 0.1) is 17.4 Å². The first-order chi connectivity index (χ1) is 10.1. The van der Waals surface area contributed by atoms with Crippen molar-refractivity contribution < 1.29 is 20.1 Å². The Morgan fingerprint density at radius 1 is 1.33 bits per heavy atom. The fourth-order valence-corrected chi connectivity index (χ4v) is 2.68. The number of nitrogens with zero attached hydrogens (tertiary/aromatic N) is 4. The van der Waals surface area contributed by atoms with Crippen LogP contribution in [0.3, 0.4) is 0 Å². The normalized spacial score (nSPS) is 29.3. The van der Waals surface area contributed by atoms with Crippen LogP contribution in [0.5, 0.6) is 0 Å². The van der Waals surface area contributed by atoms with E-state index in [-0.39, 0.29) is 5.82 Å². The summed E-state index contributed by atoms with van der Waals surface area (Å²) in [5.74, 6) is 0.784. The quantitative estimate of drug-likeness (QED) is 0.374. The van der Waals surface area contributed by atoms with Gasteiger partial charge in [0, 0.05) is 0 Å². The Bertz CT molecular complexity index is 665. The van der Waals surface area contributed by atoms with Gasteiger partial charge in [0.1, 0.15) is 29.7 Å². The Labute approximate surface area is 132 Å². The minimum atomic E-state index is -1.20. The molecular formula is C11H14IN5O4. The number of aromatic nitrogens is 4. The predicted octanol–water partition coefficient (Wildman–Crippen LogP) is -1.05. The molecule has 3 rings (SSSR count). The highest BCUT2D eigenvalue weighted by molar-refractivity contribution is 14.1. The molecule has 1 saturated heterocycles. The Morgan fingerprint density at radius 3 is 2.71 bits per heavy atom. The topological polar surface area (TPSA) is 140 Å². The molecule has 3 heterocycles. The van der Waals surface area contributed by atoms with Gasteiger partial charge in [-0.2, -0.15) is 0 Å². The van der Waals surface area contributed by atoms with E-state index in [4.69, 9.17) is 15.6 Å². The number of halogens is 1. The third-order valence-electron chi connectivity index (χ3n) is 3.41. The van der Waals surface area contributed by atoms with Gasteiger partial charge in [-0.15, -0.1) is 0 Å². The number of nitrogen functional groups attached to an aromatic ring is 1. The highest BCUT2D eigenvalue weighted by atomic mass is 127. The van der Waals surface area contributed by atoms with Gasteiger partial charge in [-0.1, -0.05) is 22.6 Å². The molecule has 0 aromatic carbocycles. The number of alkyl halides is 1. The molecule has 1 aliphatic heterocycles. The molecule has 0 saturated carbocycles. The van der Waals surface area contributed by atoms with Gasteiger partial charge < -0.3 is 25.8 Å². The van der Waals surface area contributed by atoms with Gasteiger partial charge in [0.15, 0.2) is 17.7 Å². The van der Waals surface area contributed by atoms with Crippen LogP contribution < -0.4 is 5.73 Å². The molecular weight excluding hydrogens is 393 g/mol. The lowest BCUT2D eigenvalue weighted by Crippen LogP contribution is -2.33. The molecule has 0 spiro atoms. The molecule has 1 fully saturated rings. The number of hydrogen-bond acceptors (Lipinski definition) is 8. The number of nitrogens with two attached hydrogens (primary N) is 1. The lowest BCUT2D eigenvalue weighted by Gasteiger charge is -2.16. The zero-order valence-corrected chi connectivity index (χ0v) is 13.0. The first kappa shape index (κ1) is 14.8. The minimum Gasteiger partial charge on any atom is -0.394 e. The second-order valence-corrected chi connectivity index (χ2v) is 5.47. The van der Waals surface area contributed by atoms with Crippen molar-refractivity contribution in [1.82, 2.24) is 19.5 Å². The number of anilines is 1. The number of fused-ring (bicyclic) bond motifs is 1. The van der Waals surface area contributed by atoms with Crippen LogP contribution in [0.25, 0.3) is 11.2 Å². The van der Waals surface area contributed by atoms with Crippen LogP contribution >= 0.6 is 22.6 Å². The summed E-state index contributed by atoms with van der Waals surface area (Å²) in [6, 6.07) is 0. The van der Waals surface area contributed by atoms with E-state index in [1.54, 1.807) is 0 Å². The maximum atomic E-state index is 10.1. The standard InChI is InChI=1S/C11H14IN5O4/c12-1-5-15-9(13)6-10(16-5)17(3-14-6)11-8(20)7(19)4(2-18)21-11/h3-4,7-8,11,18-20H,1-2H2,(H2,13,15,16)/t4-,7?,8+,11-/m1/s1. The van der Waals surface area contributed by atoms with Gasteiger partial charge >= 0.3 is 0 Å². The summed E-state index contributed by atoms with van der Waals surface area (Å²) in [5, 5.41) is 29.0. The van der Waals surface area contributed by atoms with Crippen molar-refractivity contribution in [2.24, 2.45) is 0 Å². The fraction of sp³-hybridized carbons (Fsp3) is 0.545. The Morgan fingerprint density at radius 2 is 2.10 bits per heavy atom. The third kappa shape index (κ3) is 2.36. The SMILES string of the molecule is Nc1nc(CI)nc2c1ncn2[C@@H]1O[C@H](CO)C(O)[C@@H]1O. The lowest BCUT2D eigenvalue weighted by molar-refractivity contribution is -0.0511. The van der Waals surface area contributed by atoms with Gasteiger partial charge in [0.2, 0.25) is 0 Å². The van der Waals surface area contributed by atoms with Crippen LogP contribution in [0.4, 0.5) is 5.82 Å². The molecule has 0 aliphatic carbocycles. The van der Waals surface area contributed by atoms with Crippen LogP contribution in [-0.2, 0) is 9.16 Å². The van der Waals surface area contributed by atoms with Crippen LogP contribution in [-0.4, -0.2) is 59.8 Å². The van der Waals surface area contributed by atoms with E-state index in [0.29, 0.717) is 21.4 Å². The average Bonchev–Trinajstić information content (AvgIpc) is 3.02. The van der Waals surface area contributed by atoms with Crippen molar-refractivity contribution in [3.63, 3.8) is 0 Å². The maximum Gasteiger partial charge on any atom is 0.168 e. The number of hydrogen-bond donors (Lipinski definition) is 4. The highest BCUT2D eigenvalue weighted by Gasteiger charge is 2.44. The lowest BCUT2D eigenvalue weighted by atomic mass is 10.1. The van der Waals surface area contributed by atoms with Crippen LogP contribution in [0, 0.1) is 0 Å². The van der Waals surface area contributed by atoms with E-state index in [0.717, 1.165) is 0 Å². The highest BCUT2D eigenvalue weighted by Crippen LogP contribution is 2.31. The largest absolute Gasteiger partial charge is 0.394 e. The molecule has 21 heavy (non-hydrogen) atoms. The van der Waals surface area contributed by atoms with Crippen molar-refractivity contribution in [2.45, 2.75) is 29.0 Å². The third-order valence-corrected chi connectivity index (χ3v) is 4.09. The van der Waals surface area contributed by atoms with Crippen LogP contribution in [0.15, 0.2) is 6.33 Å². The van der Waals surface area contributed by atoms with Gasteiger partial charge in [-0.05, 0) is 0 Å².